The second-order valence-electron chi connectivity index (χ2n) is 6.06. The van der Waals surface area contributed by atoms with Gasteiger partial charge >= 0.3 is 0 Å². The van der Waals surface area contributed by atoms with Crippen molar-refractivity contribution in [3.8, 4) is 11.5 Å². The Kier molecular flexibility index (Phi) is 4.12. The Bertz CT molecular complexity index is 514. The Morgan fingerprint density at radius 2 is 1.80 bits per heavy atom. The van der Waals surface area contributed by atoms with Crippen molar-refractivity contribution in [2.45, 2.75) is 59.0 Å². The van der Waals surface area contributed by atoms with Crippen LogP contribution in [0.4, 0.5) is 0 Å². The fourth-order valence-corrected chi connectivity index (χ4v) is 3.46. The molecule has 2 nitrogen and oxygen atoms in total. The molecule has 0 aromatic heterocycles. The second kappa shape index (κ2) is 5.51. The van der Waals surface area contributed by atoms with Gasteiger partial charge in [-0.3, -0.25) is 0 Å². The lowest BCUT2D eigenvalue weighted by atomic mass is 9.68. The van der Waals surface area contributed by atoms with Crippen molar-refractivity contribution in [2.24, 2.45) is 5.92 Å². The molecule has 110 valence electrons. The molecule has 2 atom stereocenters. The second-order valence-corrected chi connectivity index (χ2v) is 6.06. The number of allylic oxidation sites excluding steroid dienone is 2. The predicted molar refractivity (Wildman–Crippen MR) is 83.5 cm³/mol. The number of aryl methyl sites for hydroxylation is 1. The molecule has 0 fully saturated rings. The zero-order chi connectivity index (χ0) is 14.9. The van der Waals surface area contributed by atoms with Crippen molar-refractivity contribution in [3.05, 3.63) is 35.4 Å². The first kappa shape index (κ1) is 15.0. The summed E-state index contributed by atoms with van der Waals surface area (Å²) in [6.07, 6.45) is 6.50. The number of fused-ring (bicyclic) bond motifs is 3. The van der Waals surface area contributed by atoms with Crippen LogP contribution >= 0.6 is 0 Å². The highest BCUT2D eigenvalue weighted by Gasteiger charge is 2.44. The van der Waals surface area contributed by atoms with Crippen LogP contribution in [0.1, 0.15) is 57.6 Å². The molecule has 1 aliphatic carbocycles. The van der Waals surface area contributed by atoms with Crippen molar-refractivity contribution < 1.29 is 9.84 Å². The van der Waals surface area contributed by atoms with Crippen molar-refractivity contribution in [2.75, 3.05) is 0 Å². The van der Waals surface area contributed by atoms with E-state index in [2.05, 4.69) is 26.0 Å². The third-order valence-electron chi connectivity index (χ3n) is 4.33. The molecule has 20 heavy (non-hydrogen) atoms. The molecule has 0 radical (unpaired) electrons. The molecule has 1 N–H and O–H groups in total. The number of benzene rings is 1. The van der Waals surface area contributed by atoms with Crippen LogP contribution in [0.15, 0.2) is 24.3 Å². The number of phenols is 1. The van der Waals surface area contributed by atoms with E-state index in [1.165, 1.54) is 0 Å². The van der Waals surface area contributed by atoms with Gasteiger partial charge in [-0.15, -0.1) is 0 Å². The van der Waals surface area contributed by atoms with Gasteiger partial charge in [-0.1, -0.05) is 26.0 Å². The Labute approximate surface area is 122 Å². The summed E-state index contributed by atoms with van der Waals surface area (Å²) >= 11 is 0. The standard InChI is InChI=1S/C16H20O2.C2H6/c1-10-8-13(17)15-11-6-4-5-7-12(11)16(2,3)18-14(15)9-10;1-2/h4-5,8-9,11-12,17H,6-7H2,1-3H3;1-2H3. The van der Waals surface area contributed by atoms with Gasteiger partial charge in [0.05, 0.1) is 0 Å². The van der Waals surface area contributed by atoms with Crippen LogP contribution in [0.5, 0.6) is 11.5 Å². The summed E-state index contributed by atoms with van der Waals surface area (Å²) in [6.45, 7) is 10.3. The fraction of sp³-hybridized carbons (Fsp3) is 0.556. The number of ether oxygens (including phenoxy) is 1. The van der Waals surface area contributed by atoms with Gasteiger partial charge in [-0.25, -0.2) is 0 Å². The molecule has 0 bridgehead atoms. The van der Waals surface area contributed by atoms with E-state index in [1.54, 1.807) is 0 Å². The molecule has 1 heterocycles. The van der Waals surface area contributed by atoms with Gasteiger partial charge < -0.3 is 9.84 Å². The molecule has 0 spiro atoms. The Balaban J connectivity index is 0.000000704. The third kappa shape index (κ3) is 2.44. The number of aromatic hydroxyl groups is 1. The van der Waals surface area contributed by atoms with E-state index in [0.717, 1.165) is 29.7 Å². The van der Waals surface area contributed by atoms with Gasteiger partial charge in [-0.05, 0) is 51.3 Å². The minimum atomic E-state index is -0.164. The molecule has 3 rings (SSSR count). The lowest BCUT2D eigenvalue weighted by molar-refractivity contribution is 0.00845. The van der Waals surface area contributed by atoms with Gasteiger partial charge in [0.25, 0.3) is 0 Å². The van der Waals surface area contributed by atoms with Gasteiger partial charge in [-0.2, -0.15) is 0 Å². The van der Waals surface area contributed by atoms with Gasteiger partial charge in [0, 0.05) is 17.4 Å². The molecule has 0 saturated carbocycles. The summed E-state index contributed by atoms with van der Waals surface area (Å²) in [5.41, 5.74) is 1.89. The Morgan fingerprint density at radius 1 is 1.15 bits per heavy atom. The highest BCUT2D eigenvalue weighted by molar-refractivity contribution is 5.52. The monoisotopic (exact) mass is 274 g/mol. The minimum absolute atomic E-state index is 0.164. The van der Waals surface area contributed by atoms with E-state index in [-0.39, 0.29) is 5.60 Å². The number of phenolic OH excluding ortho intramolecular Hbond substituents is 1. The van der Waals surface area contributed by atoms with Crippen LogP contribution in [0.2, 0.25) is 0 Å². The van der Waals surface area contributed by atoms with E-state index in [0.29, 0.717) is 17.6 Å². The lowest BCUT2D eigenvalue weighted by Gasteiger charge is -2.46. The van der Waals surface area contributed by atoms with E-state index in [4.69, 9.17) is 4.74 Å². The number of hydrogen-bond acceptors (Lipinski definition) is 2. The summed E-state index contributed by atoms with van der Waals surface area (Å²) in [7, 11) is 0. The molecule has 2 aliphatic rings. The highest BCUT2D eigenvalue weighted by atomic mass is 16.5. The normalized spacial score (nSPS) is 25.6. The quantitative estimate of drug-likeness (QED) is 0.678. The number of rotatable bonds is 0. The predicted octanol–water partition coefficient (Wildman–Crippen LogP) is 4.95. The van der Waals surface area contributed by atoms with Crippen LogP contribution < -0.4 is 4.74 Å². The SMILES string of the molecule is CC.Cc1cc(O)c2c(c1)OC(C)(C)C1CC=CCC21. The zero-order valence-electron chi connectivity index (χ0n) is 13.2. The minimum Gasteiger partial charge on any atom is -0.508 e. The van der Waals surface area contributed by atoms with E-state index in [9.17, 15) is 5.11 Å². The summed E-state index contributed by atoms with van der Waals surface area (Å²) in [4.78, 5) is 0. The average Bonchev–Trinajstić information content (AvgIpc) is 2.39. The molecule has 0 saturated heterocycles. The summed E-state index contributed by atoms with van der Waals surface area (Å²) in [6, 6.07) is 3.89. The van der Waals surface area contributed by atoms with Gasteiger partial charge in [0.2, 0.25) is 0 Å². The van der Waals surface area contributed by atoms with Crippen LogP contribution in [-0.4, -0.2) is 10.7 Å². The van der Waals surface area contributed by atoms with Crippen molar-refractivity contribution in [1.82, 2.24) is 0 Å². The third-order valence-corrected chi connectivity index (χ3v) is 4.33. The van der Waals surface area contributed by atoms with Crippen molar-refractivity contribution >= 4 is 0 Å². The van der Waals surface area contributed by atoms with Crippen molar-refractivity contribution in [3.63, 3.8) is 0 Å². The molecule has 1 aromatic carbocycles. The molecule has 2 heteroatoms. The maximum atomic E-state index is 10.2. The highest BCUT2D eigenvalue weighted by Crippen LogP contribution is 2.52. The van der Waals surface area contributed by atoms with E-state index >= 15 is 0 Å². The summed E-state index contributed by atoms with van der Waals surface area (Å²) < 4.78 is 6.16. The van der Waals surface area contributed by atoms with Crippen LogP contribution in [0, 0.1) is 12.8 Å². The maximum Gasteiger partial charge on any atom is 0.127 e. The van der Waals surface area contributed by atoms with E-state index < -0.39 is 0 Å². The molecule has 1 aliphatic heterocycles. The molecular formula is C18H26O2. The smallest absolute Gasteiger partial charge is 0.127 e. The first-order chi connectivity index (χ1) is 9.49. The first-order valence-electron chi connectivity index (χ1n) is 7.66. The Morgan fingerprint density at radius 3 is 2.50 bits per heavy atom. The van der Waals surface area contributed by atoms with Crippen LogP contribution in [0.25, 0.3) is 0 Å². The fourth-order valence-electron chi connectivity index (χ4n) is 3.46. The maximum absolute atomic E-state index is 10.2. The first-order valence-corrected chi connectivity index (χ1v) is 7.66. The van der Waals surface area contributed by atoms with Crippen molar-refractivity contribution in [1.29, 1.82) is 0 Å². The Hall–Kier alpha value is -1.44. The molecular weight excluding hydrogens is 248 g/mol. The zero-order valence-corrected chi connectivity index (χ0v) is 13.2. The lowest BCUT2D eigenvalue weighted by Crippen LogP contribution is -2.45. The topological polar surface area (TPSA) is 29.5 Å². The van der Waals surface area contributed by atoms with Gasteiger partial charge in [0.1, 0.15) is 17.1 Å². The summed E-state index contributed by atoms with van der Waals surface area (Å²) in [5, 5.41) is 10.2. The molecule has 2 unspecified atom stereocenters. The summed E-state index contributed by atoms with van der Waals surface area (Å²) in [5.74, 6) is 2.10. The molecule has 1 aromatic rings. The van der Waals surface area contributed by atoms with E-state index in [1.807, 2.05) is 32.9 Å². The largest absolute Gasteiger partial charge is 0.508 e. The van der Waals surface area contributed by atoms with Gasteiger partial charge in [0.15, 0.2) is 0 Å². The van der Waals surface area contributed by atoms with Crippen LogP contribution in [-0.2, 0) is 0 Å². The molecule has 0 amide bonds. The van der Waals surface area contributed by atoms with Crippen LogP contribution in [0.3, 0.4) is 0 Å². The number of hydrogen-bond donors (Lipinski definition) is 1. The average molecular weight is 274 g/mol.